The fourth-order valence-corrected chi connectivity index (χ4v) is 4.44. The van der Waals surface area contributed by atoms with Crippen LogP contribution in [0.25, 0.3) is 0 Å². The molecule has 0 aromatic heterocycles. The first-order valence-corrected chi connectivity index (χ1v) is 10.7. The van der Waals surface area contributed by atoms with Crippen LogP contribution in [0.5, 0.6) is 0 Å². The molecular formula is C22H21N3O4S. The number of nitrogens with one attached hydrogen (secondary N) is 2. The highest BCUT2D eigenvalue weighted by Crippen LogP contribution is 2.34. The largest absolute Gasteiger partial charge is 0.324 e. The zero-order chi connectivity index (χ0) is 21.4. The van der Waals surface area contributed by atoms with E-state index in [1.807, 2.05) is 19.9 Å². The van der Waals surface area contributed by atoms with Gasteiger partial charge in [-0.2, -0.15) is 0 Å². The van der Waals surface area contributed by atoms with E-state index < -0.39 is 23.8 Å². The first-order valence-electron chi connectivity index (χ1n) is 9.69. The Morgan fingerprint density at radius 1 is 1.10 bits per heavy atom. The third-order valence-corrected chi connectivity index (χ3v) is 6.09. The second-order valence-corrected chi connectivity index (χ2v) is 8.73. The molecule has 2 aliphatic rings. The Balaban J connectivity index is 1.60. The SMILES string of the molecule is CC(C)CC(C(=O)Nc1ccc2c(c1)NC(=O)CS2)N1C(=O)c2ccccc2C1=O. The molecule has 0 radical (unpaired) electrons. The third-order valence-electron chi connectivity index (χ3n) is 5.01. The minimum Gasteiger partial charge on any atom is -0.324 e. The summed E-state index contributed by atoms with van der Waals surface area (Å²) in [7, 11) is 0. The summed E-state index contributed by atoms with van der Waals surface area (Å²) >= 11 is 1.43. The van der Waals surface area contributed by atoms with Crippen LogP contribution in [0.15, 0.2) is 47.4 Å². The van der Waals surface area contributed by atoms with Gasteiger partial charge in [-0.25, -0.2) is 0 Å². The Bertz CT molecular complexity index is 1030. The van der Waals surface area contributed by atoms with Gasteiger partial charge >= 0.3 is 0 Å². The number of amides is 4. The van der Waals surface area contributed by atoms with Crippen molar-refractivity contribution >= 4 is 46.8 Å². The van der Waals surface area contributed by atoms with Crippen LogP contribution >= 0.6 is 11.8 Å². The smallest absolute Gasteiger partial charge is 0.262 e. The van der Waals surface area contributed by atoms with E-state index in [9.17, 15) is 19.2 Å². The zero-order valence-electron chi connectivity index (χ0n) is 16.6. The first-order chi connectivity index (χ1) is 14.3. The molecule has 2 aromatic rings. The van der Waals surface area contributed by atoms with Crippen molar-refractivity contribution in [2.45, 2.75) is 31.2 Å². The Hall–Kier alpha value is -3.13. The number of imide groups is 1. The van der Waals surface area contributed by atoms with Crippen LogP contribution in [0.3, 0.4) is 0 Å². The molecule has 154 valence electrons. The summed E-state index contributed by atoms with van der Waals surface area (Å²) in [5.41, 5.74) is 1.76. The summed E-state index contributed by atoms with van der Waals surface area (Å²) in [5, 5.41) is 5.60. The van der Waals surface area contributed by atoms with Gasteiger partial charge in [0, 0.05) is 10.6 Å². The molecule has 4 rings (SSSR count). The van der Waals surface area contributed by atoms with Crippen LogP contribution in [0.2, 0.25) is 0 Å². The Morgan fingerprint density at radius 2 is 1.77 bits per heavy atom. The van der Waals surface area contributed by atoms with Crippen LogP contribution in [0, 0.1) is 5.92 Å². The van der Waals surface area contributed by atoms with E-state index in [1.54, 1.807) is 36.4 Å². The van der Waals surface area contributed by atoms with Crippen LogP contribution in [0.1, 0.15) is 41.0 Å². The number of nitrogens with zero attached hydrogens (tertiary/aromatic N) is 1. The molecule has 0 saturated heterocycles. The van der Waals surface area contributed by atoms with Gasteiger partial charge in [0.15, 0.2) is 0 Å². The van der Waals surface area contributed by atoms with Crippen molar-refractivity contribution in [1.82, 2.24) is 4.90 Å². The molecule has 8 heteroatoms. The molecule has 7 nitrogen and oxygen atoms in total. The topological polar surface area (TPSA) is 95.6 Å². The lowest BCUT2D eigenvalue weighted by molar-refractivity contribution is -0.120. The fourth-order valence-electron chi connectivity index (χ4n) is 3.65. The van der Waals surface area contributed by atoms with Gasteiger partial charge < -0.3 is 10.6 Å². The molecular weight excluding hydrogens is 402 g/mol. The average Bonchev–Trinajstić information content (AvgIpc) is 2.96. The number of carbonyl (C=O) groups is 4. The quantitative estimate of drug-likeness (QED) is 0.719. The molecule has 0 aliphatic carbocycles. The fraction of sp³-hybridized carbons (Fsp3) is 0.273. The number of benzene rings is 2. The molecule has 0 spiro atoms. The third kappa shape index (κ3) is 3.70. The molecule has 2 N–H and O–H groups in total. The predicted molar refractivity (Wildman–Crippen MR) is 115 cm³/mol. The van der Waals surface area contributed by atoms with Gasteiger partial charge in [-0.1, -0.05) is 26.0 Å². The van der Waals surface area contributed by atoms with Crippen molar-refractivity contribution in [2.75, 3.05) is 16.4 Å². The highest BCUT2D eigenvalue weighted by atomic mass is 32.2. The number of hydrogen-bond acceptors (Lipinski definition) is 5. The lowest BCUT2D eigenvalue weighted by atomic mass is 10.0. The molecule has 1 unspecified atom stereocenters. The molecule has 2 heterocycles. The molecule has 1 atom stereocenters. The normalized spacial score (nSPS) is 16.2. The Labute approximate surface area is 178 Å². The van der Waals surface area contributed by atoms with Gasteiger partial charge in [-0.15, -0.1) is 11.8 Å². The van der Waals surface area contributed by atoms with Crippen LogP contribution in [-0.4, -0.2) is 40.3 Å². The maximum atomic E-state index is 13.2. The van der Waals surface area contributed by atoms with Crippen LogP contribution in [0.4, 0.5) is 11.4 Å². The molecule has 0 bridgehead atoms. The van der Waals surface area contributed by atoms with Crippen LogP contribution < -0.4 is 10.6 Å². The number of fused-ring (bicyclic) bond motifs is 2. The van der Waals surface area contributed by atoms with E-state index in [2.05, 4.69) is 10.6 Å². The number of rotatable bonds is 5. The Morgan fingerprint density at radius 3 is 2.40 bits per heavy atom. The maximum absolute atomic E-state index is 13.2. The Kier molecular flexibility index (Phi) is 5.34. The minimum absolute atomic E-state index is 0.0873. The molecule has 2 aliphatic heterocycles. The molecule has 4 amide bonds. The first kappa shape index (κ1) is 20.2. The van der Waals surface area contributed by atoms with E-state index in [1.165, 1.54) is 11.8 Å². The summed E-state index contributed by atoms with van der Waals surface area (Å²) in [6.45, 7) is 3.87. The van der Waals surface area contributed by atoms with Crippen molar-refractivity contribution in [2.24, 2.45) is 5.92 Å². The highest BCUT2D eigenvalue weighted by Gasteiger charge is 2.42. The molecule has 0 fully saturated rings. The molecule has 2 aromatic carbocycles. The van der Waals surface area contributed by atoms with Gasteiger partial charge in [0.2, 0.25) is 11.8 Å². The summed E-state index contributed by atoms with van der Waals surface area (Å²) < 4.78 is 0. The monoisotopic (exact) mass is 423 g/mol. The van der Waals surface area contributed by atoms with E-state index >= 15 is 0 Å². The number of hydrogen-bond donors (Lipinski definition) is 2. The summed E-state index contributed by atoms with van der Waals surface area (Å²) in [4.78, 5) is 52.6. The van der Waals surface area contributed by atoms with E-state index in [0.717, 1.165) is 9.80 Å². The summed E-state index contributed by atoms with van der Waals surface area (Å²) in [6, 6.07) is 10.9. The average molecular weight is 423 g/mol. The van der Waals surface area contributed by atoms with E-state index in [0.29, 0.717) is 34.7 Å². The number of thioether (sulfide) groups is 1. The maximum Gasteiger partial charge on any atom is 0.262 e. The minimum atomic E-state index is -0.933. The van der Waals surface area contributed by atoms with Gasteiger partial charge in [-0.3, -0.25) is 24.1 Å². The van der Waals surface area contributed by atoms with Gasteiger partial charge in [-0.05, 0) is 42.7 Å². The zero-order valence-corrected chi connectivity index (χ0v) is 17.4. The highest BCUT2D eigenvalue weighted by molar-refractivity contribution is 8.00. The second-order valence-electron chi connectivity index (χ2n) is 7.71. The van der Waals surface area contributed by atoms with E-state index in [4.69, 9.17) is 0 Å². The van der Waals surface area contributed by atoms with Gasteiger partial charge in [0.25, 0.3) is 11.8 Å². The van der Waals surface area contributed by atoms with Crippen molar-refractivity contribution in [3.63, 3.8) is 0 Å². The second kappa shape index (κ2) is 7.95. The standard InChI is InChI=1S/C22H21N3O4S/c1-12(2)9-17(25-21(28)14-5-3-4-6-15(14)22(25)29)20(27)23-13-7-8-18-16(10-13)24-19(26)11-30-18/h3-8,10,12,17H,9,11H2,1-2H3,(H,23,27)(H,24,26). The number of anilines is 2. The van der Waals surface area contributed by atoms with Gasteiger partial charge in [0.05, 0.1) is 22.6 Å². The van der Waals surface area contributed by atoms with Crippen molar-refractivity contribution < 1.29 is 19.2 Å². The summed E-state index contributed by atoms with van der Waals surface area (Å²) in [5.74, 6) is -0.998. The molecule has 30 heavy (non-hydrogen) atoms. The summed E-state index contributed by atoms with van der Waals surface area (Å²) in [6.07, 6.45) is 0.342. The molecule has 0 saturated carbocycles. The van der Waals surface area contributed by atoms with Crippen molar-refractivity contribution in [3.8, 4) is 0 Å². The lowest BCUT2D eigenvalue weighted by Gasteiger charge is -2.27. The van der Waals surface area contributed by atoms with Crippen molar-refractivity contribution in [3.05, 3.63) is 53.6 Å². The number of carbonyl (C=O) groups excluding carboxylic acids is 4. The predicted octanol–water partition coefficient (Wildman–Crippen LogP) is 3.38. The van der Waals surface area contributed by atoms with Crippen molar-refractivity contribution in [1.29, 1.82) is 0 Å². The van der Waals surface area contributed by atoms with E-state index in [-0.39, 0.29) is 11.8 Å². The van der Waals surface area contributed by atoms with Gasteiger partial charge in [0.1, 0.15) is 6.04 Å². The lowest BCUT2D eigenvalue weighted by Crippen LogP contribution is -2.47. The van der Waals surface area contributed by atoms with Crippen LogP contribution in [-0.2, 0) is 9.59 Å².